The van der Waals surface area contributed by atoms with Crippen LogP contribution in [-0.4, -0.2) is 43.3 Å². The molecule has 1 heterocycles. The standard InChI is InChI=1S/C5H11NO3S/c1-10(8,9)6-3-2-5(6)4-7/h5,7H,2-4H2,1H3. The van der Waals surface area contributed by atoms with Gasteiger partial charge in [-0.1, -0.05) is 0 Å². The first-order chi connectivity index (χ1) is 4.55. The Morgan fingerprint density at radius 3 is 2.40 bits per heavy atom. The third kappa shape index (κ3) is 1.31. The average molecular weight is 165 g/mol. The van der Waals surface area contributed by atoms with Crippen molar-refractivity contribution in [2.45, 2.75) is 12.5 Å². The number of aliphatic hydroxyl groups excluding tert-OH is 1. The monoisotopic (exact) mass is 165 g/mol. The van der Waals surface area contributed by atoms with Gasteiger partial charge >= 0.3 is 0 Å². The Labute approximate surface area is 60.5 Å². The van der Waals surface area contributed by atoms with Crippen LogP contribution in [0.15, 0.2) is 0 Å². The number of aliphatic hydroxyl groups is 1. The lowest BCUT2D eigenvalue weighted by Gasteiger charge is -2.37. The Kier molecular flexibility index (Phi) is 1.98. The molecule has 1 saturated heterocycles. The number of sulfonamides is 1. The van der Waals surface area contributed by atoms with Gasteiger partial charge < -0.3 is 5.11 Å². The molecule has 0 bridgehead atoms. The van der Waals surface area contributed by atoms with Crippen LogP contribution in [0.4, 0.5) is 0 Å². The first-order valence-electron chi connectivity index (χ1n) is 3.13. The van der Waals surface area contributed by atoms with Crippen LogP contribution < -0.4 is 0 Å². The lowest BCUT2D eigenvalue weighted by molar-refractivity contribution is 0.117. The van der Waals surface area contributed by atoms with Gasteiger partial charge in [0.15, 0.2) is 0 Å². The molecule has 1 unspecified atom stereocenters. The average Bonchev–Trinajstić information content (AvgIpc) is 1.57. The summed E-state index contributed by atoms with van der Waals surface area (Å²) in [5, 5.41) is 8.61. The van der Waals surface area contributed by atoms with E-state index >= 15 is 0 Å². The molecule has 0 amide bonds. The van der Waals surface area contributed by atoms with Gasteiger partial charge in [0, 0.05) is 12.6 Å². The van der Waals surface area contributed by atoms with Crippen LogP contribution in [0.3, 0.4) is 0 Å². The molecule has 0 aromatic heterocycles. The molecule has 1 atom stereocenters. The summed E-state index contributed by atoms with van der Waals surface area (Å²) in [7, 11) is -3.05. The summed E-state index contributed by atoms with van der Waals surface area (Å²) in [4.78, 5) is 0. The summed E-state index contributed by atoms with van der Waals surface area (Å²) in [6, 6.07) is -0.157. The molecule has 0 spiro atoms. The summed E-state index contributed by atoms with van der Waals surface area (Å²) >= 11 is 0. The lowest BCUT2D eigenvalue weighted by Crippen LogP contribution is -2.52. The molecule has 1 aliphatic rings. The van der Waals surface area contributed by atoms with Gasteiger partial charge in [-0.15, -0.1) is 0 Å². The number of rotatable bonds is 2. The highest BCUT2D eigenvalue weighted by Gasteiger charge is 2.33. The van der Waals surface area contributed by atoms with Gasteiger partial charge in [0.05, 0.1) is 12.9 Å². The highest BCUT2D eigenvalue weighted by Crippen LogP contribution is 2.19. The zero-order valence-corrected chi connectivity index (χ0v) is 6.63. The molecule has 0 aliphatic carbocycles. The van der Waals surface area contributed by atoms with Crippen molar-refractivity contribution >= 4 is 10.0 Å². The zero-order chi connectivity index (χ0) is 7.78. The Bertz CT molecular complexity index is 209. The van der Waals surface area contributed by atoms with E-state index < -0.39 is 10.0 Å². The SMILES string of the molecule is CS(=O)(=O)N1CCC1CO. The smallest absolute Gasteiger partial charge is 0.211 e. The van der Waals surface area contributed by atoms with E-state index in [1.807, 2.05) is 0 Å². The van der Waals surface area contributed by atoms with Crippen LogP contribution in [0.1, 0.15) is 6.42 Å². The van der Waals surface area contributed by atoms with Crippen molar-refractivity contribution in [3.63, 3.8) is 0 Å². The summed E-state index contributed by atoms with van der Waals surface area (Å²) in [6.45, 7) is 0.497. The molecule has 1 fully saturated rings. The fourth-order valence-electron chi connectivity index (χ4n) is 1.04. The predicted molar refractivity (Wildman–Crippen MR) is 37.0 cm³/mol. The molecule has 0 aromatic rings. The first kappa shape index (κ1) is 7.97. The van der Waals surface area contributed by atoms with Gasteiger partial charge in [0.1, 0.15) is 0 Å². The van der Waals surface area contributed by atoms with Crippen LogP contribution in [0.25, 0.3) is 0 Å². The van der Waals surface area contributed by atoms with Gasteiger partial charge in [0.25, 0.3) is 0 Å². The van der Waals surface area contributed by atoms with E-state index in [2.05, 4.69) is 0 Å². The second kappa shape index (κ2) is 2.48. The molecule has 1 aliphatic heterocycles. The minimum absolute atomic E-state index is 0.0624. The van der Waals surface area contributed by atoms with Gasteiger partial charge in [-0.25, -0.2) is 8.42 Å². The lowest BCUT2D eigenvalue weighted by atomic mass is 10.1. The fourth-order valence-corrected chi connectivity index (χ4v) is 2.19. The summed E-state index contributed by atoms with van der Waals surface area (Å²) in [6.07, 6.45) is 1.94. The maximum atomic E-state index is 10.8. The Morgan fingerprint density at radius 1 is 1.70 bits per heavy atom. The zero-order valence-electron chi connectivity index (χ0n) is 5.82. The van der Waals surface area contributed by atoms with Crippen LogP contribution in [0.5, 0.6) is 0 Å². The van der Waals surface area contributed by atoms with E-state index in [0.29, 0.717) is 6.54 Å². The quantitative estimate of drug-likeness (QED) is 0.571. The number of nitrogens with zero attached hydrogens (tertiary/aromatic N) is 1. The third-order valence-corrected chi connectivity index (χ3v) is 3.06. The normalized spacial score (nSPS) is 28.0. The van der Waals surface area contributed by atoms with E-state index in [9.17, 15) is 8.42 Å². The molecular weight excluding hydrogens is 154 g/mol. The van der Waals surface area contributed by atoms with Crippen molar-refractivity contribution in [2.75, 3.05) is 19.4 Å². The molecular formula is C5H11NO3S. The van der Waals surface area contributed by atoms with Crippen LogP contribution in [-0.2, 0) is 10.0 Å². The highest BCUT2D eigenvalue weighted by molar-refractivity contribution is 7.88. The van der Waals surface area contributed by atoms with Gasteiger partial charge in [-0.05, 0) is 6.42 Å². The van der Waals surface area contributed by atoms with E-state index in [-0.39, 0.29) is 12.6 Å². The largest absolute Gasteiger partial charge is 0.395 e. The molecule has 60 valence electrons. The minimum Gasteiger partial charge on any atom is -0.395 e. The topological polar surface area (TPSA) is 57.6 Å². The van der Waals surface area contributed by atoms with Crippen molar-refractivity contribution in [1.82, 2.24) is 4.31 Å². The van der Waals surface area contributed by atoms with Crippen molar-refractivity contribution in [2.24, 2.45) is 0 Å². The molecule has 1 rings (SSSR count). The number of hydrogen-bond donors (Lipinski definition) is 1. The Morgan fingerprint density at radius 2 is 2.30 bits per heavy atom. The summed E-state index contributed by atoms with van der Waals surface area (Å²) < 4.78 is 22.9. The van der Waals surface area contributed by atoms with E-state index in [4.69, 9.17) is 5.11 Å². The summed E-state index contributed by atoms with van der Waals surface area (Å²) in [5.74, 6) is 0. The van der Waals surface area contributed by atoms with Crippen molar-refractivity contribution < 1.29 is 13.5 Å². The van der Waals surface area contributed by atoms with Crippen molar-refractivity contribution in [3.05, 3.63) is 0 Å². The van der Waals surface area contributed by atoms with Gasteiger partial charge in [-0.3, -0.25) is 0 Å². The van der Waals surface area contributed by atoms with Gasteiger partial charge in [-0.2, -0.15) is 4.31 Å². The van der Waals surface area contributed by atoms with Crippen molar-refractivity contribution in [3.8, 4) is 0 Å². The second-order valence-corrected chi connectivity index (χ2v) is 4.43. The van der Waals surface area contributed by atoms with Crippen LogP contribution >= 0.6 is 0 Å². The van der Waals surface area contributed by atoms with Crippen LogP contribution in [0, 0.1) is 0 Å². The predicted octanol–water partition coefficient (Wildman–Crippen LogP) is -0.987. The maximum Gasteiger partial charge on any atom is 0.211 e. The van der Waals surface area contributed by atoms with E-state index in [1.165, 1.54) is 4.31 Å². The minimum atomic E-state index is -3.05. The first-order valence-corrected chi connectivity index (χ1v) is 4.98. The molecule has 5 heteroatoms. The second-order valence-electron chi connectivity index (χ2n) is 2.50. The maximum absolute atomic E-state index is 10.8. The Balaban J connectivity index is 2.60. The molecule has 0 saturated carbocycles. The summed E-state index contributed by atoms with van der Waals surface area (Å²) in [5.41, 5.74) is 0. The van der Waals surface area contributed by atoms with Crippen molar-refractivity contribution in [1.29, 1.82) is 0 Å². The Hall–Kier alpha value is -0.130. The molecule has 0 aromatic carbocycles. The molecule has 10 heavy (non-hydrogen) atoms. The molecule has 0 radical (unpaired) electrons. The molecule has 4 nitrogen and oxygen atoms in total. The van der Waals surface area contributed by atoms with E-state index in [1.54, 1.807) is 0 Å². The highest BCUT2D eigenvalue weighted by atomic mass is 32.2. The third-order valence-electron chi connectivity index (χ3n) is 1.73. The van der Waals surface area contributed by atoms with Crippen LogP contribution in [0.2, 0.25) is 0 Å². The van der Waals surface area contributed by atoms with Gasteiger partial charge in [0.2, 0.25) is 10.0 Å². The van der Waals surface area contributed by atoms with E-state index in [0.717, 1.165) is 12.7 Å². The fraction of sp³-hybridized carbons (Fsp3) is 1.00. The number of hydrogen-bond acceptors (Lipinski definition) is 3. The molecule has 1 N–H and O–H groups in total.